The van der Waals surface area contributed by atoms with Gasteiger partial charge in [0.25, 0.3) is 0 Å². The summed E-state index contributed by atoms with van der Waals surface area (Å²) in [6.07, 6.45) is 4.23. The molecule has 1 saturated carbocycles. The Morgan fingerprint density at radius 2 is 1.94 bits per heavy atom. The van der Waals surface area contributed by atoms with Gasteiger partial charge in [0.05, 0.1) is 12.0 Å². The summed E-state index contributed by atoms with van der Waals surface area (Å²) in [6.45, 7) is 7.46. The Kier molecular flexibility index (Phi) is 4.28. The predicted molar refractivity (Wildman–Crippen MR) is 71.2 cm³/mol. The molecular formula is C14H26N2O2. The van der Waals surface area contributed by atoms with Crippen molar-refractivity contribution in [2.45, 2.75) is 45.6 Å². The van der Waals surface area contributed by atoms with E-state index in [2.05, 4.69) is 24.1 Å². The second-order valence-electron chi connectivity index (χ2n) is 6.20. The van der Waals surface area contributed by atoms with Gasteiger partial charge in [-0.1, -0.05) is 13.8 Å². The first-order valence-corrected chi connectivity index (χ1v) is 7.22. The molecule has 1 atom stereocenters. The van der Waals surface area contributed by atoms with Gasteiger partial charge in [-0.3, -0.25) is 9.69 Å². The van der Waals surface area contributed by atoms with Crippen molar-refractivity contribution in [2.24, 2.45) is 11.3 Å². The first-order valence-electron chi connectivity index (χ1n) is 7.22. The van der Waals surface area contributed by atoms with Crippen LogP contribution in [0.2, 0.25) is 0 Å². The monoisotopic (exact) mass is 254 g/mol. The zero-order chi connectivity index (χ0) is 13.2. The van der Waals surface area contributed by atoms with Crippen molar-refractivity contribution in [1.82, 2.24) is 10.2 Å². The maximum Gasteiger partial charge on any atom is 0.228 e. The van der Waals surface area contributed by atoms with Crippen molar-refractivity contribution in [2.75, 3.05) is 26.2 Å². The minimum Gasteiger partial charge on any atom is -0.395 e. The maximum atomic E-state index is 12.0. The topological polar surface area (TPSA) is 52.6 Å². The third-order valence-electron chi connectivity index (χ3n) is 4.49. The highest BCUT2D eigenvalue weighted by Gasteiger charge is 2.49. The van der Waals surface area contributed by atoms with E-state index in [9.17, 15) is 9.90 Å². The van der Waals surface area contributed by atoms with Crippen LogP contribution in [0.3, 0.4) is 0 Å². The van der Waals surface area contributed by atoms with Gasteiger partial charge in [-0.05, 0) is 44.7 Å². The summed E-state index contributed by atoms with van der Waals surface area (Å²) in [4.78, 5) is 14.5. The Morgan fingerprint density at radius 3 is 2.39 bits per heavy atom. The molecule has 2 N–H and O–H groups in total. The second-order valence-corrected chi connectivity index (χ2v) is 6.20. The van der Waals surface area contributed by atoms with E-state index in [1.165, 1.54) is 12.8 Å². The lowest BCUT2D eigenvalue weighted by molar-refractivity contribution is -0.128. The van der Waals surface area contributed by atoms with E-state index in [4.69, 9.17) is 0 Å². The van der Waals surface area contributed by atoms with Gasteiger partial charge >= 0.3 is 0 Å². The van der Waals surface area contributed by atoms with Crippen molar-refractivity contribution >= 4 is 5.91 Å². The van der Waals surface area contributed by atoms with Gasteiger partial charge < -0.3 is 10.4 Å². The van der Waals surface area contributed by atoms with Crippen molar-refractivity contribution in [3.05, 3.63) is 0 Å². The molecule has 1 aliphatic heterocycles. The summed E-state index contributed by atoms with van der Waals surface area (Å²) in [7, 11) is 0. The lowest BCUT2D eigenvalue weighted by Crippen LogP contribution is -2.47. The van der Waals surface area contributed by atoms with E-state index >= 15 is 0 Å². The van der Waals surface area contributed by atoms with Crippen molar-refractivity contribution < 1.29 is 9.90 Å². The number of aliphatic hydroxyl groups excluding tert-OH is 1. The first kappa shape index (κ1) is 13.8. The number of amides is 1. The molecule has 2 fully saturated rings. The van der Waals surface area contributed by atoms with Crippen LogP contribution < -0.4 is 5.32 Å². The Balaban J connectivity index is 1.84. The fraction of sp³-hybridized carbons (Fsp3) is 0.929. The molecule has 1 saturated heterocycles. The average Bonchev–Trinajstić information content (AvgIpc) is 2.98. The smallest absolute Gasteiger partial charge is 0.228 e. The third kappa shape index (κ3) is 2.86. The first-order chi connectivity index (χ1) is 8.59. The third-order valence-corrected chi connectivity index (χ3v) is 4.49. The van der Waals surface area contributed by atoms with Crippen LogP contribution >= 0.6 is 0 Å². The normalized spacial score (nSPS) is 24.2. The quantitative estimate of drug-likeness (QED) is 0.743. The summed E-state index contributed by atoms with van der Waals surface area (Å²) in [5, 5.41) is 12.3. The number of likely N-dealkylation sites (tertiary alicyclic amines) is 1. The molecule has 0 radical (unpaired) electrons. The van der Waals surface area contributed by atoms with E-state index in [-0.39, 0.29) is 12.5 Å². The number of rotatable bonds is 6. The number of hydrogen-bond donors (Lipinski definition) is 2. The Morgan fingerprint density at radius 1 is 1.33 bits per heavy atom. The molecule has 18 heavy (non-hydrogen) atoms. The summed E-state index contributed by atoms with van der Waals surface area (Å²) < 4.78 is 0. The van der Waals surface area contributed by atoms with Crippen LogP contribution in [0.15, 0.2) is 0 Å². The molecule has 1 amide bonds. The van der Waals surface area contributed by atoms with E-state index < -0.39 is 5.41 Å². The molecule has 1 unspecified atom stereocenters. The summed E-state index contributed by atoms with van der Waals surface area (Å²) >= 11 is 0. The molecule has 4 nitrogen and oxygen atoms in total. The molecule has 4 heteroatoms. The SMILES string of the molecule is CC(C)C(CNC(=O)C1(CO)CC1)N1CCCC1. The van der Waals surface area contributed by atoms with Crippen LogP contribution in [0, 0.1) is 11.3 Å². The van der Waals surface area contributed by atoms with Gasteiger partial charge in [-0.25, -0.2) is 0 Å². The molecule has 0 aromatic heterocycles. The number of carbonyl (C=O) groups excluding carboxylic acids is 1. The fourth-order valence-corrected chi connectivity index (χ4v) is 2.85. The molecule has 2 rings (SSSR count). The Hall–Kier alpha value is -0.610. The molecule has 2 aliphatic rings. The number of nitrogens with zero attached hydrogens (tertiary/aromatic N) is 1. The lowest BCUT2D eigenvalue weighted by Gasteiger charge is -2.31. The highest BCUT2D eigenvalue weighted by molar-refractivity contribution is 5.85. The average molecular weight is 254 g/mol. The van der Waals surface area contributed by atoms with Crippen molar-refractivity contribution in [3.8, 4) is 0 Å². The number of aliphatic hydroxyl groups is 1. The maximum absolute atomic E-state index is 12.0. The number of carbonyl (C=O) groups is 1. The largest absolute Gasteiger partial charge is 0.395 e. The minimum absolute atomic E-state index is 0.00507. The van der Waals surface area contributed by atoms with Gasteiger partial charge in [0.1, 0.15) is 0 Å². The van der Waals surface area contributed by atoms with Gasteiger partial charge in [0, 0.05) is 12.6 Å². The van der Waals surface area contributed by atoms with E-state index in [0.717, 1.165) is 32.5 Å². The van der Waals surface area contributed by atoms with Gasteiger partial charge in [-0.2, -0.15) is 0 Å². The van der Waals surface area contributed by atoms with Crippen LogP contribution in [-0.2, 0) is 4.79 Å². The molecular weight excluding hydrogens is 228 g/mol. The van der Waals surface area contributed by atoms with Gasteiger partial charge in [0.15, 0.2) is 0 Å². The van der Waals surface area contributed by atoms with Gasteiger partial charge in [-0.15, -0.1) is 0 Å². The Labute approximate surface area is 110 Å². The molecule has 0 aromatic carbocycles. The van der Waals surface area contributed by atoms with E-state index in [0.29, 0.717) is 12.0 Å². The number of nitrogens with one attached hydrogen (secondary N) is 1. The van der Waals surface area contributed by atoms with Crippen LogP contribution in [0.5, 0.6) is 0 Å². The zero-order valence-corrected chi connectivity index (χ0v) is 11.6. The van der Waals surface area contributed by atoms with Crippen LogP contribution in [-0.4, -0.2) is 48.2 Å². The predicted octanol–water partition coefficient (Wildman–Crippen LogP) is 0.995. The summed E-state index contributed by atoms with van der Waals surface area (Å²) in [6, 6.07) is 0.436. The van der Waals surface area contributed by atoms with E-state index in [1.54, 1.807) is 0 Å². The summed E-state index contributed by atoms with van der Waals surface area (Å²) in [5.41, 5.74) is -0.438. The van der Waals surface area contributed by atoms with Crippen LogP contribution in [0.25, 0.3) is 0 Å². The molecule has 1 heterocycles. The lowest BCUT2D eigenvalue weighted by atomic mass is 10.0. The minimum atomic E-state index is -0.438. The molecule has 1 aliphatic carbocycles. The Bertz CT molecular complexity index is 294. The zero-order valence-electron chi connectivity index (χ0n) is 11.6. The van der Waals surface area contributed by atoms with E-state index in [1.807, 2.05) is 0 Å². The summed E-state index contributed by atoms with van der Waals surface area (Å²) in [5.74, 6) is 0.600. The van der Waals surface area contributed by atoms with Gasteiger partial charge in [0.2, 0.25) is 5.91 Å². The highest BCUT2D eigenvalue weighted by Crippen LogP contribution is 2.45. The second kappa shape index (κ2) is 5.57. The molecule has 0 aromatic rings. The van der Waals surface area contributed by atoms with Crippen molar-refractivity contribution in [3.63, 3.8) is 0 Å². The fourth-order valence-electron chi connectivity index (χ4n) is 2.85. The highest BCUT2D eigenvalue weighted by atomic mass is 16.3. The molecule has 104 valence electrons. The molecule has 0 spiro atoms. The standard InChI is InChI=1S/C14H26N2O2/c1-11(2)12(16-7-3-4-8-16)9-15-13(18)14(10-17)5-6-14/h11-12,17H,3-10H2,1-2H3,(H,15,18). The van der Waals surface area contributed by atoms with Crippen LogP contribution in [0.4, 0.5) is 0 Å². The van der Waals surface area contributed by atoms with Crippen LogP contribution in [0.1, 0.15) is 39.5 Å². The number of hydrogen-bond acceptors (Lipinski definition) is 3. The van der Waals surface area contributed by atoms with Crippen molar-refractivity contribution in [1.29, 1.82) is 0 Å². The molecule has 0 bridgehead atoms.